The molecule has 1 aromatic heterocycles. The molecular weight excluding hydrogens is 439 g/mol. The largest absolute Gasteiger partial charge is 0.489 e. The van der Waals surface area contributed by atoms with Gasteiger partial charge in [0.15, 0.2) is 0 Å². The number of hydrogen-bond donors (Lipinski definition) is 2. The third kappa shape index (κ3) is 4.71. The summed E-state index contributed by atoms with van der Waals surface area (Å²) < 4.78 is 51.1. The van der Waals surface area contributed by atoms with Gasteiger partial charge in [0.1, 0.15) is 22.9 Å². The highest BCUT2D eigenvalue weighted by Gasteiger charge is 2.27. The van der Waals surface area contributed by atoms with Crippen LogP contribution in [-0.2, 0) is 10.0 Å². The van der Waals surface area contributed by atoms with Crippen LogP contribution in [0.1, 0.15) is 24.2 Å². The Labute approximate surface area is 185 Å². The SMILES string of the molecule is CNC(=O)c1c(-c2ccc(F)cc2)oc2cc(N(CCO)S(C)(=O)=O)c(OC(C)C)cc12. The van der Waals surface area contributed by atoms with Gasteiger partial charge in [-0.3, -0.25) is 9.10 Å². The maximum Gasteiger partial charge on any atom is 0.255 e. The Bertz CT molecular complexity index is 1240. The van der Waals surface area contributed by atoms with Gasteiger partial charge in [0, 0.05) is 24.1 Å². The van der Waals surface area contributed by atoms with E-state index in [1.165, 1.54) is 37.4 Å². The summed E-state index contributed by atoms with van der Waals surface area (Å²) in [5, 5.41) is 12.4. The number of nitrogens with one attached hydrogen (secondary N) is 1. The van der Waals surface area contributed by atoms with Gasteiger partial charge in [0.05, 0.1) is 36.8 Å². The molecule has 0 aliphatic heterocycles. The summed E-state index contributed by atoms with van der Waals surface area (Å²) in [6.07, 6.45) is 0.724. The van der Waals surface area contributed by atoms with Gasteiger partial charge in [-0.2, -0.15) is 0 Å². The van der Waals surface area contributed by atoms with Crippen LogP contribution in [0.5, 0.6) is 5.75 Å². The topological polar surface area (TPSA) is 109 Å². The van der Waals surface area contributed by atoms with Crippen LogP contribution in [0.4, 0.5) is 10.1 Å². The first-order chi connectivity index (χ1) is 15.1. The quantitative estimate of drug-likeness (QED) is 0.530. The number of carbonyl (C=O) groups is 1. The average molecular weight is 465 g/mol. The Morgan fingerprint density at radius 1 is 1.25 bits per heavy atom. The number of amides is 1. The second-order valence-electron chi connectivity index (χ2n) is 7.43. The zero-order chi connectivity index (χ0) is 23.6. The van der Waals surface area contributed by atoms with E-state index in [2.05, 4.69) is 5.32 Å². The summed E-state index contributed by atoms with van der Waals surface area (Å²) in [6.45, 7) is 2.97. The van der Waals surface area contributed by atoms with Gasteiger partial charge in [-0.15, -0.1) is 0 Å². The smallest absolute Gasteiger partial charge is 0.255 e. The molecule has 2 N–H and O–H groups in total. The molecule has 0 radical (unpaired) electrons. The van der Waals surface area contributed by atoms with Crippen molar-refractivity contribution in [3.63, 3.8) is 0 Å². The molecule has 0 bridgehead atoms. The third-order valence-electron chi connectivity index (χ3n) is 4.66. The molecule has 172 valence electrons. The van der Waals surface area contributed by atoms with E-state index in [-0.39, 0.29) is 41.0 Å². The Morgan fingerprint density at radius 3 is 2.44 bits per heavy atom. The maximum atomic E-state index is 13.4. The second-order valence-corrected chi connectivity index (χ2v) is 9.34. The first-order valence-electron chi connectivity index (χ1n) is 9.90. The number of fused-ring (bicyclic) bond motifs is 1. The number of ether oxygens (including phenoxy) is 1. The first-order valence-corrected chi connectivity index (χ1v) is 11.8. The lowest BCUT2D eigenvalue weighted by molar-refractivity contribution is 0.0964. The van der Waals surface area contributed by atoms with Gasteiger partial charge in [-0.1, -0.05) is 0 Å². The van der Waals surface area contributed by atoms with Crippen molar-refractivity contribution in [3.05, 3.63) is 47.8 Å². The molecule has 10 heteroatoms. The fraction of sp³-hybridized carbons (Fsp3) is 0.318. The van der Waals surface area contributed by atoms with E-state index in [1.54, 1.807) is 19.9 Å². The van der Waals surface area contributed by atoms with E-state index >= 15 is 0 Å². The minimum Gasteiger partial charge on any atom is -0.489 e. The number of halogens is 1. The number of hydrogen-bond acceptors (Lipinski definition) is 6. The van der Waals surface area contributed by atoms with Gasteiger partial charge in [-0.25, -0.2) is 12.8 Å². The predicted octanol–water partition coefficient (Wildman–Crippen LogP) is 3.14. The van der Waals surface area contributed by atoms with Gasteiger partial charge in [0.2, 0.25) is 10.0 Å². The Balaban J connectivity index is 2.35. The van der Waals surface area contributed by atoms with Crippen LogP contribution in [0.3, 0.4) is 0 Å². The molecule has 32 heavy (non-hydrogen) atoms. The van der Waals surface area contributed by atoms with E-state index in [0.717, 1.165) is 10.6 Å². The highest BCUT2D eigenvalue weighted by Crippen LogP contribution is 2.41. The number of furan rings is 1. The molecule has 8 nitrogen and oxygen atoms in total. The highest BCUT2D eigenvalue weighted by molar-refractivity contribution is 7.92. The van der Waals surface area contributed by atoms with E-state index in [0.29, 0.717) is 10.9 Å². The van der Waals surface area contributed by atoms with Crippen molar-refractivity contribution < 1.29 is 31.9 Å². The summed E-state index contributed by atoms with van der Waals surface area (Å²) in [5.74, 6) is -0.446. The Kier molecular flexibility index (Phi) is 6.75. The molecular formula is C22H25FN2O6S. The van der Waals surface area contributed by atoms with Crippen LogP contribution < -0.4 is 14.4 Å². The van der Waals surface area contributed by atoms with Crippen LogP contribution >= 0.6 is 0 Å². The zero-order valence-electron chi connectivity index (χ0n) is 18.2. The molecule has 3 aromatic rings. The van der Waals surface area contributed by atoms with Crippen LogP contribution in [0.2, 0.25) is 0 Å². The summed E-state index contributed by atoms with van der Waals surface area (Å²) >= 11 is 0. The van der Waals surface area contributed by atoms with Crippen molar-refractivity contribution in [1.29, 1.82) is 0 Å². The van der Waals surface area contributed by atoms with Crippen LogP contribution in [0.15, 0.2) is 40.8 Å². The standard InChI is InChI=1S/C22H25FN2O6S/c1-13(2)30-19-11-16-18(12-17(19)25(9-10-26)32(4,28)29)31-21(20(16)22(27)24-3)14-5-7-15(23)8-6-14/h5-8,11-13,26H,9-10H2,1-4H3,(H,24,27). The fourth-order valence-electron chi connectivity index (χ4n) is 3.37. The van der Waals surface area contributed by atoms with Crippen molar-refractivity contribution in [2.75, 3.05) is 30.8 Å². The molecule has 0 fully saturated rings. The summed E-state index contributed by atoms with van der Waals surface area (Å²) in [5.41, 5.74) is 1.10. The van der Waals surface area contributed by atoms with E-state index < -0.39 is 28.4 Å². The number of aliphatic hydroxyl groups excluding tert-OH is 1. The lowest BCUT2D eigenvalue weighted by Crippen LogP contribution is -2.33. The summed E-state index contributed by atoms with van der Waals surface area (Å²) in [4.78, 5) is 12.7. The average Bonchev–Trinajstić information content (AvgIpc) is 3.08. The fourth-order valence-corrected chi connectivity index (χ4v) is 4.28. The molecule has 0 spiro atoms. The van der Waals surface area contributed by atoms with Crippen molar-refractivity contribution in [3.8, 4) is 17.1 Å². The normalized spacial score (nSPS) is 11.7. The lowest BCUT2D eigenvalue weighted by atomic mass is 10.0. The molecule has 0 aliphatic carbocycles. The number of sulfonamides is 1. The number of aliphatic hydroxyl groups is 1. The number of rotatable bonds is 8. The number of carbonyl (C=O) groups excluding carboxylic acids is 1. The highest BCUT2D eigenvalue weighted by atomic mass is 32.2. The number of anilines is 1. The van der Waals surface area contributed by atoms with Crippen molar-refractivity contribution >= 4 is 32.6 Å². The number of nitrogens with zero attached hydrogens (tertiary/aromatic N) is 1. The summed E-state index contributed by atoms with van der Waals surface area (Å²) in [7, 11) is -2.28. The molecule has 1 heterocycles. The maximum absolute atomic E-state index is 13.4. The second kappa shape index (κ2) is 9.17. The van der Waals surface area contributed by atoms with Gasteiger partial charge >= 0.3 is 0 Å². The predicted molar refractivity (Wildman–Crippen MR) is 120 cm³/mol. The van der Waals surface area contributed by atoms with E-state index in [9.17, 15) is 22.7 Å². The van der Waals surface area contributed by atoms with Gasteiger partial charge in [-0.05, 0) is 44.2 Å². The van der Waals surface area contributed by atoms with Gasteiger partial charge in [0.25, 0.3) is 5.91 Å². The van der Waals surface area contributed by atoms with Crippen LogP contribution in [0, 0.1) is 5.82 Å². The molecule has 0 aliphatic rings. The summed E-state index contributed by atoms with van der Waals surface area (Å²) in [6, 6.07) is 8.48. The minimum atomic E-state index is -3.76. The Hall–Kier alpha value is -3.11. The van der Waals surface area contributed by atoms with Crippen molar-refractivity contribution in [2.24, 2.45) is 0 Å². The van der Waals surface area contributed by atoms with Crippen LogP contribution in [-0.4, -0.2) is 52.0 Å². The van der Waals surface area contributed by atoms with Crippen molar-refractivity contribution in [1.82, 2.24) is 5.32 Å². The third-order valence-corrected chi connectivity index (χ3v) is 5.84. The van der Waals surface area contributed by atoms with Crippen molar-refractivity contribution in [2.45, 2.75) is 20.0 Å². The Morgan fingerprint density at radius 2 is 1.91 bits per heavy atom. The molecule has 1 amide bonds. The number of benzene rings is 2. The van der Waals surface area contributed by atoms with E-state index in [1.807, 2.05) is 0 Å². The lowest BCUT2D eigenvalue weighted by Gasteiger charge is -2.25. The molecule has 0 saturated heterocycles. The molecule has 0 atom stereocenters. The molecule has 2 aromatic carbocycles. The zero-order valence-corrected chi connectivity index (χ0v) is 19.0. The molecule has 3 rings (SSSR count). The minimum absolute atomic E-state index is 0.172. The molecule has 0 unspecified atom stereocenters. The van der Waals surface area contributed by atoms with Gasteiger partial charge < -0.3 is 19.6 Å². The first kappa shape index (κ1) is 23.6. The van der Waals surface area contributed by atoms with Crippen LogP contribution in [0.25, 0.3) is 22.3 Å². The van der Waals surface area contributed by atoms with E-state index in [4.69, 9.17) is 9.15 Å². The monoisotopic (exact) mass is 464 g/mol. The molecule has 0 saturated carbocycles.